The zero-order valence-electron chi connectivity index (χ0n) is 21.6. The number of nitrogens with zero attached hydrogens (tertiary/aromatic N) is 8. The Morgan fingerprint density at radius 2 is 2.08 bits per heavy atom. The lowest BCUT2D eigenvalue weighted by atomic mass is 10.2. The van der Waals surface area contributed by atoms with Crippen molar-refractivity contribution in [3.8, 4) is 6.07 Å². The van der Waals surface area contributed by atoms with Crippen LogP contribution in [-0.4, -0.2) is 60.5 Å². The van der Waals surface area contributed by atoms with Crippen molar-refractivity contribution >= 4 is 67.5 Å². The summed E-state index contributed by atoms with van der Waals surface area (Å²) in [4.78, 5) is 40.1. The number of rotatable bonds is 9. The second-order valence-corrected chi connectivity index (χ2v) is 10.6. The molecule has 0 unspecified atom stereocenters. The van der Waals surface area contributed by atoms with E-state index in [0.717, 1.165) is 10.2 Å². The van der Waals surface area contributed by atoms with Crippen molar-refractivity contribution < 1.29 is 14.2 Å². The van der Waals surface area contributed by atoms with E-state index < -0.39 is 10.8 Å². The number of halogens is 2. The second kappa shape index (κ2) is 11.7. The van der Waals surface area contributed by atoms with Crippen molar-refractivity contribution in [2.75, 3.05) is 31.3 Å². The lowest BCUT2D eigenvalue weighted by Gasteiger charge is -2.28. The lowest BCUT2D eigenvalue weighted by molar-refractivity contribution is -0.898. The highest BCUT2D eigenvalue weighted by Crippen LogP contribution is 2.29. The maximum Gasteiger partial charge on any atom is 0.392 e. The van der Waals surface area contributed by atoms with E-state index >= 15 is 0 Å². The average Bonchev–Trinajstić information content (AvgIpc) is 3.21. The summed E-state index contributed by atoms with van der Waals surface area (Å²) >= 11 is 9.48. The second-order valence-electron chi connectivity index (χ2n) is 9.36. The number of nitrogens with one attached hydrogen (secondary N) is 2. The van der Waals surface area contributed by atoms with Gasteiger partial charge in [0.05, 0.1) is 37.4 Å². The third kappa shape index (κ3) is 6.57. The Kier molecular flexibility index (Phi) is 8.38. The molecular formula is C25H23BrClN10O3+. The molecule has 4 aromatic rings. The number of hydrogen-bond donors (Lipinski definition) is 2. The van der Waals surface area contributed by atoms with Gasteiger partial charge in [0, 0.05) is 28.7 Å². The van der Waals surface area contributed by atoms with Crippen molar-refractivity contribution in [3.63, 3.8) is 0 Å². The first-order chi connectivity index (χ1) is 19.0. The van der Waals surface area contributed by atoms with E-state index in [1.54, 1.807) is 25.3 Å². The van der Waals surface area contributed by atoms with Gasteiger partial charge in [-0.2, -0.15) is 5.26 Å². The van der Waals surface area contributed by atoms with E-state index in [2.05, 4.69) is 46.5 Å². The molecule has 3 aromatic heterocycles. The number of quaternary nitrogens is 1. The molecule has 0 bridgehead atoms. The van der Waals surface area contributed by atoms with Crippen molar-refractivity contribution in [3.05, 3.63) is 80.1 Å². The van der Waals surface area contributed by atoms with Gasteiger partial charge in [0.15, 0.2) is 11.8 Å². The van der Waals surface area contributed by atoms with E-state index in [4.69, 9.17) is 11.6 Å². The van der Waals surface area contributed by atoms with E-state index in [-0.39, 0.29) is 22.7 Å². The Hall–Kier alpha value is -4.45. The number of anilines is 3. The Labute approximate surface area is 242 Å². The first-order valence-electron chi connectivity index (χ1n) is 11.7. The summed E-state index contributed by atoms with van der Waals surface area (Å²) in [7, 11) is 5.27. The van der Waals surface area contributed by atoms with Crippen LogP contribution in [0.3, 0.4) is 0 Å². The Morgan fingerprint density at radius 1 is 1.30 bits per heavy atom. The Balaban J connectivity index is 1.45. The average molecular weight is 627 g/mol. The van der Waals surface area contributed by atoms with Gasteiger partial charge < -0.3 is 25.2 Å². The third-order valence-electron chi connectivity index (χ3n) is 5.87. The molecule has 0 radical (unpaired) electrons. The Morgan fingerprint density at radius 3 is 2.77 bits per heavy atom. The standard InChI is InChI=1S/C25H22BrClN10O3/c1-35-20(25(36(39)40)34-22(35)11-28)13-37(2,3)8-4-5-23(38)33-21-10-16-19(12-29-21)30-14-31-24(16)32-15-6-7-18(27)17(26)9-15/h4-7,9-10,12,14H,8,13H2,1-3H3,(H-,29,30,31,32,33,38)/p+1/b5-4+. The number of aromatic nitrogens is 5. The van der Waals surface area contributed by atoms with Gasteiger partial charge in [-0.3, -0.25) is 9.36 Å². The molecule has 15 heteroatoms. The van der Waals surface area contributed by atoms with Crippen LogP contribution in [-0.2, 0) is 18.4 Å². The van der Waals surface area contributed by atoms with Crippen molar-refractivity contribution in [2.45, 2.75) is 6.54 Å². The Bertz CT molecular complexity index is 1700. The number of nitriles is 1. The molecule has 0 atom stereocenters. The van der Waals surface area contributed by atoms with Crippen LogP contribution in [0.15, 0.2) is 53.4 Å². The number of imidazole rings is 1. The number of pyridine rings is 1. The molecule has 40 heavy (non-hydrogen) atoms. The normalized spacial score (nSPS) is 11.5. The number of fused-ring (bicyclic) bond motifs is 1. The predicted octanol–water partition coefficient (Wildman–Crippen LogP) is 4.47. The molecule has 0 aliphatic carbocycles. The molecular weight excluding hydrogens is 604 g/mol. The van der Waals surface area contributed by atoms with Crippen LogP contribution >= 0.6 is 27.5 Å². The maximum absolute atomic E-state index is 12.6. The number of amides is 1. The molecule has 0 fully saturated rings. The number of benzene rings is 1. The SMILES string of the molecule is Cn1c(C#N)nc([N+](=O)[O-])c1C[N+](C)(C)C/C=C/C(=O)Nc1cc2c(Nc3ccc(Cl)c(Br)c3)ncnc2cn1. The zero-order valence-corrected chi connectivity index (χ0v) is 23.9. The zero-order chi connectivity index (χ0) is 29.0. The van der Waals surface area contributed by atoms with Gasteiger partial charge in [0.1, 0.15) is 24.5 Å². The van der Waals surface area contributed by atoms with Gasteiger partial charge in [0.25, 0.3) is 0 Å². The summed E-state index contributed by atoms with van der Waals surface area (Å²) in [5.41, 5.74) is 1.66. The fourth-order valence-corrected chi connectivity index (χ4v) is 4.36. The molecule has 1 aromatic carbocycles. The highest BCUT2D eigenvalue weighted by atomic mass is 79.9. The molecule has 204 valence electrons. The fraction of sp³-hybridized carbons (Fsp3) is 0.200. The lowest BCUT2D eigenvalue weighted by Crippen LogP contribution is -2.39. The highest BCUT2D eigenvalue weighted by Gasteiger charge is 2.30. The monoisotopic (exact) mass is 625 g/mol. The van der Waals surface area contributed by atoms with Gasteiger partial charge in [-0.1, -0.05) is 11.6 Å². The smallest absolute Gasteiger partial charge is 0.358 e. The minimum absolute atomic E-state index is 0.0377. The largest absolute Gasteiger partial charge is 0.392 e. The third-order valence-corrected chi connectivity index (χ3v) is 7.08. The van der Waals surface area contributed by atoms with Crippen LogP contribution in [0.4, 0.5) is 23.1 Å². The van der Waals surface area contributed by atoms with Crippen LogP contribution in [0.1, 0.15) is 11.5 Å². The number of likely N-dealkylation sites (N-methyl/N-ethyl adjacent to an activating group) is 1. The van der Waals surface area contributed by atoms with Gasteiger partial charge in [-0.15, -0.1) is 0 Å². The highest BCUT2D eigenvalue weighted by molar-refractivity contribution is 9.10. The number of nitro groups is 1. The van der Waals surface area contributed by atoms with Crippen molar-refractivity contribution in [2.24, 2.45) is 7.05 Å². The first kappa shape index (κ1) is 28.6. The van der Waals surface area contributed by atoms with Gasteiger partial charge in [-0.25, -0.2) is 15.0 Å². The summed E-state index contributed by atoms with van der Waals surface area (Å²) in [6.07, 6.45) is 5.99. The summed E-state index contributed by atoms with van der Waals surface area (Å²) in [6, 6.07) is 8.91. The topological polar surface area (TPSA) is 165 Å². The summed E-state index contributed by atoms with van der Waals surface area (Å²) < 4.78 is 2.42. The van der Waals surface area contributed by atoms with Crippen LogP contribution in [0, 0.1) is 21.4 Å². The number of carbonyl (C=O) groups is 1. The number of carbonyl (C=O) groups excluding carboxylic acids is 1. The summed E-state index contributed by atoms with van der Waals surface area (Å²) in [5.74, 6) is 0.0365. The molecule has 0 aliphatic rings. The van der Waals surface area contributed by atoms with Crippen LogP contribution in [0.5, 0.6) is 0 Å². The summed E-state index contributed by atoms with van der Waals surface area (Å²) in [6.45, 7) is 0.598. The molecule has 0 aliphatic heterocycles. The minimum atomic E-state index is -0.601. The minimum Gasteiger partial charge on any atom is -0.358 e. The predicted molar refractivity (Wildman–Crippen MR) is 153 cm³/mol. The van der Waals surface area contributed by atoms with Gasteiger partial charge in [0.2, 0.25) is 5.91 Å². The van der Waals surface area contributed by atoms with E-state index in [9.17, 15) is 20.2 Å². The van der Waals surface area contributed by atoms with Gasteiger partial charge >= 0.3 is 11.6 Å². The quantitative estimate of drug-likeness (QED) is 0.118. The van der Waals surface area contributed by atoms with E-state index in [1.807, 2.05) is 32.3 Å². The molecule has 0 saturated heterocycles. The molecule has 4 rings (SSSR count). The molecule has 13 nitrogen and oxygen atoms in total. The van der Waals surface area contributed by atoms with Crippen LogP contribution in [0.2, 0.25) is 5.02 Å². The van der Waals surface area contributed by atoms with Crippen LogP contribution < -0.4 is 10.6 Å². The first-order valence-corrected chi connectivity index (χ1v) is 12.9. The van der Waals surface area contributed by atoms with Crippen molar-refractivity contribution in [1.29, 1.82) is 5.26 Å². The van der Waals surface area contributed by atoms with E-state index in [1.165, 1.54) is 23.2 Å². The van der Waals surface area contributed by atoms with E-state index in [0.29, 0.717) is 39.8 Å². The molecule has 1 amide bonds. The van der Waals surface area contributed by atoms with Gasteiger partial charge in [-0.05, 0) is 56.2 Å². The number of hydrogen-bond acceptors (Lipinski definition) is 9. The molecule has 0 saturated carbocycles. The summed E-state index contributed by atoms with van der Waals surface area (Å²) in [5, 5.41) is 27.8. The molecule has 3 heterocycles. The molecule has 2 N–H and O–H groups in total. The molecule has 0 spiro atoms. The fourth-order valence-electron chi connectivity index (χ4n) is 3.86. The van der Waals surface area contributed by atoms with Crippen molar-refractivity contribution in [1.82, 2.24) is 24.5 Å². The van der Waals surface area contributed by atoms with Crippen LogP contribution in [0.25, 0.3) is 10.9 Å². The maximum atomic E-state index is 12.6.